The molecule has 0 radical (unpaired) electrons. The maximum atomic E-state index is 11.7. The smallest absolute Gasteiger partial charge is 0.224 e. The topological polar surface area (TPSA) is 42.0 Å². The van der Waals surface area contributed by atoms with Gasteiger partial charge in [-0.1, -0.05) is 15.9 Å². The lowest BCUT2D eigenvalue weighted by Gasteiger charge is -2.04. The van der Waals surface area contributed by atoms with Crippen LogP contribution in [0.2, 0.25) is 0 Å². The summed E-state index contributed by atoms with van der Waals surface area (Å²) in [4.78, 5) is 16.1. The van der Waals surface area contributed by atoms with E-state index in [1.54, 1.807) is 11.3 Å². The molecular formula is C13H15BrN2OS. The van der Waals surface area contributed by atoms with E-state index in [-0.39, 0.29) is 5.91 Å². The first-order valence-corrected chi connectivity index (χ1v) is 7.86. The number of carbonyl (C=O) groups excluding carboxylic acids is 1. The summed E-state index contributed by atoms with van der Waals surface area (Å²) in [6.45, 7) is 1.99. The van der Waals surface area contributed by atoms with E-state index in [0.717, 1.165) is 39.1 Å². The van der Waals surface area contributed by atoms with Gasteiger partial charge in [-0.05, 0) is 38.0 Å². The SMILES string of the molecule is Cc1nc2ccc(NC(=O)CCCCBr)cc2s1. The molecule has 1 aromatic carbocycles. The number of nitrogens with zero attached hydrogens (tertiary/aromatic N) is 1. The van der Waals surface area contributed by atoms with Crippen LogP contribution in [0.4, 0.5) is 5.69 Å². The Bertz CT molecular complexity index is 553. The Labute approximate surface area is 119 Å². The monoisotopic (exact) mass is 326 g/mol. The van der Waals surface area contributed by atoms with Gasteiger partial charge in [0.1, 0.15) is 0 Å². The first-order chi connectivity index (χ1) is 8.69. The highest BCUT2D eigenvalue weighted by Crippen LogP contribution is 2.24. The third-order valence-electron chi connectivity index (χ3n) is 2.57. The molecule has 0 saturated heterocycles. The molecule has 2 aromatic rings. The minimum atomic E-state index is 0.0801. The molecule has 0 saturated carbocycles. The normalized spacial score (nSPS) is 10.8. The van der Waals surface area contributed by atoms with Gasteiger partial charge in [-0.25, -0.2) is 4.98 Å². The highest BCUT2D eigenvalue weighted by Gasteiger charge is 2.05. The van der Waals surface area contributed by atoms with Gasteiger partial charge in [-0.3, -0.25) is 4.79 Å². The quantitative estimate of drug-likeness (QED) is 0.663. The summed E-state index contributed by atoms with van der Waals surface area (Å²) in [5, 5.41) is 4.92. The van der Waals surface area contributed by atoms with Gasteiger partial charge in [-0.2, -0.15) is 0 Å². The maximum Gasteiger partial charge on any atom is 0.224 e. The lowest BCUT2D eigenvalue weighted by Crippen LogP contribution is -2.10. The van der Waals surface area contributed by atoms with E-state index in [0.29, 0.717) is 6.42 Å². The summed E-state index contributed by atoms with van der Waals surface area (Å²) in [5.74, 6) is 0.0801. The molecule has 0 unspecified atom stereocenters. The molecule has 1 N–H and O–H groups in total. The highest BCUT2D eigenvalue weighted by molar-refractivity contribution is 9.09. The van der Waals surface area contributed by atoms with Crippen molar-refractivity contribution in [2.24, 2.45) is 0 Å². The number of aromatic nitrogens is 1. The van der Waals surface area contributed by atoms with Crippen LogP contribution < -0.4 is 5.32 Å². The zero-order chi connectivity index (χ0) is 13.0. The Hall–Kier alpha value is -0.940. The first kappa shape index (κ1) is 13.5. The minimum Gasteiger partial charge on any atom is -0.326 e. The van der Waals surface area contributed by atoms with E-state index in [4.69, 9.17) is 0 Å². The lowest BCUT2D eigenvalue weighted by atomic mass is 10.2. The van der Waals surface area contributed by atoms with Crippen LogP contribution in [-0.2, 0) is 4.79 Å². The molecule has 2 rings (SSSR count). The van der Waals surface area contributed by atoms with Crippen LogP contribution in [0.15, 0.2) is 18.2 Å². The molecule has 0 bridgehead atoms. The molecule has 0 aliphatic rings. The zero-order valence-electron chi connectivity index (χ0n) is 10.2. The van der Waals surface area contributed by atoms with Crippen LogP contribution in [0.25, 0.3) is 10.2 Å². The summed E-state index contributed by atoms with van der Waals surface area (Å²) in [7, 11) is 0. The second-order valence-corrected chi connectivity index (χ2v) is 6.14. The molecule has 96 valence electrons. The van der Waals surface area contributed by atoms with Crippen molar-refractivity contribution in [3.8, 4) is 0 Å². The second kappa shape index (κ2) is 6.29. The average Bonchev–Trinajstić information content (AvgIpc) is 2.69. The van der Waals surface area contributed by atoms with Gasteiger partial charge in [0.05, 0.1) is 15.2 Å². The van der Waals surface area contributed by atoms with E-state index < -0.39 is 0 Å². The number of thiazole rings is 1. The molecular weight excluding hydrogens is 312 g/mol. The number of nitrogens with one attached hydrogen (secondary N) is 1. The van der Waals surface area contributed by atoms with Gasteiger partial charge in [0.15, 0.2) is 0 Å². The van der Waals surface area contributed by atoms with E-state index in [2.05, 4.69) is 26.2 Å². The fourth-order valence-electron chi connectivity index (χ4n) is 1.72. The molecule has 3 nitrogen and oxygen atoms in total. The standard InChI is InChI=1S/C13H15BrN2OS/c1-9-15-11-6-5-10(8-12(11)18-9)16-13(17)4-2-3-7-14/h5-6,8H,2-4,7H2,1H3,(H,16,17). The minimum absolute atomic E-state index is 0.0801. The van der Waals surface area contributed by atoms with Crippen LogP contribution in [0.1, 0.15) is 24.3 Å². The van der Waals surface area contributed by atoms with Gasteiger partial charge in [0.25, 0.3) is 0 Å². The van der Waals surface area contributed by atoms with Crippen molar-refractivity contribution in [3.63, 3.8) is 0 Å². The Morgan fingerprint density at radius 2 is 2.28 bits per heavy atom. The number of aryl methyl sites for hydroxylation is 1. The Balaban J connectivity index is 2.00. The van der Waals surface area contributed by atoms with Crippen LogP contribution in [-0.4, -0.2) is 16.2 Å². The van der Waals surface area contributed by atoms with Crippen molar-refractivity contribution in [3.05, 3.63) is 23.2 Å². The number of alkyl halides is 1. The number of carbonyl (C=O) groups is 1. The third-order valence-corrected chi connectivity index (χ3v) is 4.06. The van der Waals surface area contributed by atoms with Gasteiger partial charge in [-0.15, -0.1) is 11.3 Å². The molecule has 1 aromatic heterocycles. The average molecular weight is 327 g/mol. The zero-order valence-corrected chi connectivity index (χ0v) is 12.6. The third kappa shape index (κ3) is 3.53. The van der Waals surface area contributed by atoms with Crippen molar-refractivity contribution >= 4 is 49.1 Å². The summed E-state index contributed by atoms with van der Waals surface area (Å²) in [6, 6.07) is 5.85. The fraction of sp³-hybridized carbons (Fsp3) is 0.385. The Morgan fingerprint density at radius 3 is 3.06 bits per heavy atom. The van der Waals surface area contributed by atoms with Gasteiger partial charge in [0.2, 0.25) is 5.91 Å². The number of fused-ring (bicyclic) bond motifs is 1. The summed E-state index contributed by atoms with van der Waals surface area (Å²) >= 11 is 5.00. The number of unbranched alkanes of at least 4 members (excludes halogenated alkanes) is 1. The molecule has 5 heteroatoms. The van der Waals surface area contributed by atoms with E-state index in [9.17, 15) is 4.79 Å². The first-order valence-electron chi connectivity index (χ1n) is 5.92. The van der Waals surface area contributed by atoms with Crippen molar-refractivity contribution in [2.45, 2.75) is 26.2 Å². The largest absolute Gasteiger partial charge is 0.326 e. The number of anilines is 1. The summed E-state index contributed by atoms with van der Waals surface area (Å²) in [5.41, 5.74) is 1.85. The van der Waals surface area contributed by atoms with Gasteiger partial charge >= 0.3 is 0 Å². The van der Waals surface area contributed by atoms with Crippen LogP contribution in [0.5, 0.6) is 0 Å². The molecule has 0 aliphatic carbocycles. The molecule has 18 heavy (non-hydrogen) atoms. The number of rotatable bonds is 5. The fourth-order valence-corrected chi connectivity index (χ4v) is 2.98. The molecule has 0 atom stereocenters. The molecule has 0 spiro atoms. The summed E-state index contributed by atoms with van der Waals surface area (Å²) < 4.78 is 1.12. The van der Waals surface area contributed by atoms with Crippen LogP contribution in [0.3, 0.4) is 0 Å². The van der Waals surface area contributed by atoms with E-state index in [1.807, 2.05) is 25.1 Å². The molecule has 0 fully saturated rings. The summed E-state index contributed by atoms with van der Waals surface area (Å²) in [6.07, 6.45) is 2.52. The van der Waals surface area contributed by atoms with Gasteiger partial charge < -0.3 is 5.32 Å². The number of halogens is 1. The molecule has 0 aliphatic heterocycles. The number of benzene rings is 1. The lowest BCUT2D eigenvalue weighted by molar-refractivity contribution is -0.116. The van der Waals surface area contributed by atoms with Crippen LogP contribution in [0, 0.1) is 6.92 Å². The van der Waals surface area contributed by atoms with E-state index in [1.165, 1.54) is 0 Å². The predicted molar refractivity (Wildman–Crippen MR) is 80.6 cm³/mol. The number of amides is 1. The predicted octanol–water partition coefficient (Wildman–Crippen LogP) is 4.11. The van der Waals surface area contributed by atoms with Crippen molar-refractivity contribution in [1.29, 1.82) is 0 Å². The number of hydrogen-bond donors (Lipinski definition) is 1. The van der Waals surface area contributed by atoms with Crippen LogP contribution >= 0.6 is 27.3 Å². The van der Waals surface area contributed by atoms with Crippen molar-refractivity contribution in [1.82, 2.24) is 4.98 Å². The maximum absolute atomic E-state index is 11.7. The van der Waals surface area contributed by atoms with E-state index >= 15 is 0 Å². The molecule has 1 heterocycles. The molecule has 1 amide bonds. The van der Waals surface area contributed by atoms with Crippen molar-refractivity contribution < 1.29 is 4.79 Å². The highest BCUT2D eigenvalue weighted by atomic mass is 79.9. The number of hydrogen-bond acceptors (Lipinski definition) is 3. The second-order valence-electron chi connectivity index (χ2n) is 4.11. The Morgan fingerprint density at radius 1 is 1.44 bits per heavy atom. The van der Waals surface area contributed by atoms with Crippen molar-refractivity contribution in [2.75, 3.05) is 10.6 Å². The Kier molecular flexibility index (Phi) is 4.72. The van der Waals surface area contributed by atoms with Gasteiger partial charge in [0, 0.05) is 17.4 Å².